The predicted molar refractivity (Wildman–Crippen MR) is 97.4 cm³/mol. The number of amides is 1. The lowest BCUT2D eigenvalue weighted by molar-refractivity contribution is 0.0978. The molecule has 4 heteroatoms. The number of pyridine rings is 1. The van der Waals surface area contributed by atoms with Crippen LogP contribution >= 0.6 is 11.6 Å². The molecule has 1 heterocycles. The molecule has 3 aromatic rings. The lowest BCUT2D eigenvalue weighted by Crippen LogP contribution is -2.34. The molecule has 0 radical (unpaired) electrons. The van der Waals surface area contributed by atoms with Crippen LogP contribution in [0.25, 0.3) is 0 Å². The smallest absolute Gasteiger partial charge is 0.260 e. The monoisotopic (exact) mass is 336 g/mol. The average molecular weight is 337 g/mol. The molecule has 1 aromatic heterocycles. The van der Waals surface area contributed by atoms with Crippen LogP contribution in [0.15, 0.2) is 79.0 Å². The molecule has 24 heavy (non-hydrogen) atoms. The first-order valence-corrected chi connectivity index (χ1v) is 8.10. The molecular weight excluding hydrogens is 320 g/mol. The molecule has 0 spiro atoms. The average Bonchev–Trinajstić information content (AvgIpc) is 2.64. The molecule has 1 amide bonds. The zero-order chi connectivity index (χ0) is 16.9. The Hall–Kier alpha value is -2.65. The normalized spacial score (nSPS) is 11.8. The number of carbonyl (C=O) groups excluding carboxylic acids is 1. The van der Waals surface area contributed by atoms with Gasteiger partial charge in [0, 0.05) is 11.9 Å². The Bertz CT molecular complexity index is 821. The minimum atomic E-state index is -0.225. The number of hydrogen-bond donors (Lipinski definition) is 0. The molecule has 0 saturated heterocycles. The lowest BCUT2D eigenvalue weighted by atomic mass is 10.1. The molecule has 0 aliphatic heterocycles. The Kier molecular flexibility index (Phi) is 4.92. The van der Waals surface area contributed by atoms with Gasteiger partial charge in [0.2, 0.25) is 0 Å². The Labute approximate surface area is 146 Å². The molecule has 0 fully saturated rings. The van der Waals surface area contributed by atoms with Gasteiger partial charge in [0.1, 0.15) is 0 Å². The summed E-state index contributed by atoms with van der Waals surface area (Å²) in [6.45, 7) is 1.96. The van der Waals surface area contributed by atoms with Crippen molar-refractivity contribution in [1.82, 2.24) is 4.98 Å². The van der Waals surface area contributed by atoms with Crippen molar-refractivity contribution < 1.29 is 4.79 Å². The second kappa shape index (κ2) is 7.28. The van der Waals surface area contributed by atoms with Gasteiger partial charge < -0.3 is 0 Å². The van der Waals surface area contributed by atoms with Crippen LogP contribution in [0.4, 0.5) is 5.69 Å². The molecule has 0 saturated carbocycles. The van der Waals surface area contributed by atoms with Gasteiger partial charge in [0.05, 0.1) is 22.3 Å². The van der Waals surface area contributed by atoms with E-state index in [0.29, 0.717) is 10.6 Å². The summed E-state index contributed by atoms with van der Waals surface area (Å²) in [5, 5.41) is 0.441. The van der Waals surface area contributed by atoms with E-state index in [-0.39, 0.29) is 11.9 Å². The van der Waals surface area contributed by atoms with Crippen LogP contribution in [0.3, 0.4) is 0 Å². The summed E-state index contributed by atoms with van der Waals surface area (Å²) in [7, 11) is 0. The van der Waals surface area contributed by atoms with Crippen molar-refractivity contribution in [2.45, 2.75) is 13.0 Å². The van der Waals surface area contributed by atoms with Crippen LogP contribution in [0, 0.1) is 0 Å². The fraction of sp³-hybridized carbons (Fsp3) is 0.100. The number of nitrogens with zero attached hydrogens (tertiary/aromatic N) is 2. The van der Waals surface area contributed by atoms with Crippen molar-refractivity contribution in [3.63, 3.8) is 0 Å². The quantitative estimate of drug-likeness (QED) is 0.660. The summed E-state index contributed by atoms with van der Waals surface area (Å²) in [6, 6.07) is 22.1. The Morgan fingerprint density at radius 1 is 0.958 bits per heavy atom. The first kappa shape index (κ1) is 16.2. The highest BCUT2D eigenvalue weighted by Gasteiger charge is 2.26. The van der Waals surface area contributed by atoms with E-state index in [4.69, 9.17) is 11.6 Å². The number of hydrogen-bond acceptors (Lipinski definition) is 2. The maximum atomic E-state index is 13.2. The zero-order valence-corrected chi connectivity index (χ0v) is 14.0. The van der Waals surface area contributed by atoms with Gasteiger partial charge in [-0.3, -0.25) is 14.7 Å². The highest BCUT2D eigenvalue weighted by Crippen LogP contribution is 2.29. The van der Waals surface area contributed by atoms with Gasteiger partial charge in [0.25, 0.3) is 5.91 Å². The fourth-order valence-electron chi connectivity index (χ4n) is 2.63. The minimum absolute atomic E-state index is 0.148. The van der Waals surface area contributed by atoms with Crippen LogP contribution in [0.1, 0.15) is 29.0 Å². The number of aromatic nitrogens is 1. The van der Waals surface area contributed by atoms with Crippen molar-refractivity contribution in [3.05, 3.63) is 95.3 Å². The zero-order valence-electron chi connectivity index (χ0n) is 13.3. The largest absolute Gasteiger partial charge is 0.300 e. The van der Waals surface area contributed by atoms with Crippen LogP contribution in [0.2, 0.25) is 5.02 Å². The lowest BCUT2D eigenvalue weighted by Gasteiger charge is -2.29. The van der Waals surface area contributed by atoms with Crippen molar-refractivity contribution in [2.75, 3.05) is 4.90 Å². The highest BCUT2D eigenvalue weighted by atomic mass is 35.5. The number of carbonyl (C=O) groups is 1. The molecule has 0 aliphatic carbocycles. The third-order valence-electron chi connectivity index (χ3n) is 3.86. The first-order valence-electron chi connectivity index (χ1n) is 7.72. The van der Waals surface area contributed by atoms with Gasteiger partial charge in [-0.1, -0.05) is 48.0 Å². The second-order valence-electron chi connectivity index (χ2n) is 5.42. The van der Waals surface area contributed by atoms with Crippen molar-refractivity contribution >= 4 is 23.2 Å². The first-order chi connectivity index (χ1) is 11.7. The number of benzene rings is 2. The van der Waals surface area contributed by atoms with Gasteiger partial charge in [-0.2, -0.15) is 0 Å². The molecule has 1 atom stereocenters. The van der Waals surface area contributed by atoms with Gasteiger partial charge in [-0.15, -0.1) is 0 Å². The molecule has 3 rings (SSSR count). The van der Waals surface area contributed by atoms with Crippen LogP contribution < -0.4 is 4.90 Å². The van der Waals surface area contributed by atoms with E-state index in [1.165, 1.54) is 0 Å². The van der Waals surface area contributed by atoms with E-state index in [9.17, 15) is 4.79 Å². The van der Waals surface area contributed by atoms with Gasteiger partial charge in [-0.05, 0) is 43.3 Å². The molecule has 0 bridgehead atoms. The summed E-state index contributed by atoms with van der Waals surface area (Å²) in [5.41, 5.74) is 2.10. The van der Waals surface area contributed by atoms with Gasteiger partial charge >= 0.3 is 0 Å². The summed E-state index contributed by atoms with van der Waals surface area (Å²) in [4.78, 5) is 19.3. The predicted octanol–water partition coefficient (Wildman–Crippen LogP) is 5.14. The van der Waals surface area contributed by atoms with Crippen LogP contribution in [-0.4, -0.2) is 10.9 Å². The van der Waals surface area contributed by atoms with E-state index < -0.39 is 0 Å². The van der Waals surface area contributed by atoms with E-state index in [0.717, 1.165) is 11.4 Å². The van der Waals surface area contributed by atoms with Crippen molar-refractivity contribution in [1.29, 1.82) is 0 Å². The van der Waals surface area contributed by atoms with Crippen molar-refractivity contribution in [2.24, 2.45) is 0 Å². The van der Waals surface area contributed by atoms with E-state index in [2.05, 4.69) is 4.98 Å². The maximum absolute atomic E-state index is 13.2. The number of para-hydroxylation sites is 1. The number of anilines is 1. The van der Waals surface area contributed by atoms with Gasteiger partial charge in [-0.25, -0.2) is 0 Å². The fourth-order valence-corrected chi connectivity index (χ4v) is 2.84. The molecule has 3 nitrogen and oxygen atoms in total. The van der Waals surface area contributed by atoms with E-state index in [1.807, 2.05) is 67.6 Å². The summed E-state index contributed by atoms with van der Waals surface area (Å²) in [5.74, 6) is -0.148. The highest BCUT2D eigenvalue weighted by molar-refractivity contribution is 6.34. The second-order valence-corrected chi connectivity index (χ2v) is 5.83. The number of halogens is 1. The van der Waals surface area contributed by atoms with E-state index >= 15 is 0 Å². The molecule has 0 aliphatic rings. The minimum Gasteiger partial charge on any atom is -0.300 e. The third kappa shape index (κ3) is 3.31. The topological polar surface area (TPSA) is 33.2 Å². The summed E-state index contributed by atoms with van der Waals surface area (Å²) >= 11 is 6.24. The summed E-state index contributed by atoms with van der Waals surface area (Å²) in [6.07, 6.45) is 1.73. The SMILES string of the molecule is CC(c1ccccn1)N(C(=O)c1ccccc1Cl)c1ccccc1. The maximum Gasteiger partial charge on any atom is 0.260 e. The molecule has 2 aromatic carbocycles. The van der Waals surface area contributed by atoms with E-state index in [1.54, 1.807) is 23.2 Å². The van der Waals surface area contributed by atoms with Gasteiger partial charge in [0.15, 0.2) is 0 Å². The molecule has 1 unspecified atom stereocenters. The van der Waals surface area contributed by atoms with Crippen LogP contribution in [0.5, 0.6) is 0 Å². The number of rotatable bonds is 4. The Morgan fingerprint density at radius 3 is 2.29 bits per heavy atom. The summed E-state index contributed by atoms with van der Waals surface area (Å²) < 4.78 is 0. The third-order valence-corrected chi connectivity index (χ3v) is 4.19. The molecule has 0 N–H and O–H groups in total. The Balaban J connectivity index is 2.06. The Morgan fingerprint density at radius 2 is 1.62 bits per heavy atom. The standard InChI is InChI=1S/C20H17ClN2O/c1-15(19-13-7-8-14-22-19)23(16-9-3-2-4-10-16)20(24)17-11-5-6-12-18(17)21/h2-15H,1H3. The molecule has 120 valence electrons. The molecular formula is C20H17ClN2O. The van der Waals surface area contributed by atoms with Crippen LogP contribution in [-0.2, 0) is 0 Å². The van der Waals surface area contributed by atoms with Crippen molar-refractivity contribution in [3.8, 4) is 0 Å².